The Bertz CT molecular complexity index is 1630. The summed E-state index contributed by atoms with van der Waals surface area (Å²) < 4.78 is 48.7. The summed E-state index contributed by atoms with van der Waals surface area (Å²) in [6, 6.07) is 8.85. The molecule has 0 aliphatic heterocycles. The van der Waals surface area contributed by atoms with Crippen molar-refractivity contribution in [1.82, 2.24) is 24.2 Å². The minimum absolute atomic E-state index is 0. The highest BCUT2D eigenvalue weighted by Gasteiger charge is 2.37. The van der Waals surface area contributed by atoms with E-state index in [9.17, 15) is 22.8 Å². The lowest BCUT2D eigenvalue weighted by Crippen LogP contribution is -3.00. The lowest BCUT2D eigenvalue weighted by atomic mass is 10.2. The van der Waals surface area contributed by atoms with Crippen molar-refractivity contribution in [3.63, 3.8) is 0 Å². The number of ether oxygens (including phenoxy) is 1. The van der Waals surface area contributed by atoms with Gasteiger partial charge in [0.05, 0.1) is 23.9 Å². The molecule has 204 valence electrons. The highest BCUT2D eigenvalue weighted by Crippen LogP contribution is 2.36. The van der Waals surface area contributed by atoms with Gasteiger partial charge >= 0.3 is 12.2 Å². The largest absolute Gasteiger partial charge is 1.00 e. The molecular weight excluding hydrogens is 562 g/mol. The number of nitrogens with zero attached hydrogens (tertiary/aromatic N) is 6. The molecule has 1 amide bonds. The highest BCUT2D eigenvalue weighted by molar-refractivity contribution is 6.30. The number of carbonyl (C=O) groups is 1. The van der Waals surface area contributed by atoms with E-state index in [0.29, 0.717) is 11.5 Å². The SMILES string of the molecule is CN(CCN)C(=O)n1nc(Cn2ccc(C(F)(F)F)c(Oc3cc(Cl)cc(C#N)c3)c2=O)c2cccnc21.[Cl-]. The van der Waals surface area contributed by atoms with Gasteiger partial charge in [0.15, 0.2) is 5.65 Å². The summed E-state index contributed by atoms with van der Waals surface area (Å²) in [6.07, 6.45) is -2.50. The average Bonchev–Trinajstić information content (AvgIpc) is 3.23. The lowest BCUT2D eigenvalue weighted by Gasteiger charge is -2.16. The van der Waals surface area contributed by atoms with E-state index in [2.05, 4.69) is 10.1 Å². The molecule has 3 aromatic heterocycles. The van der Waals surface area contributed by atoms with Crippen LogP contribution in [-0.2, 0) is 12.7 Å². The number of nitrogens with two attached hydrogens (primary N) is 1. The highest BCUT2D eigenvalue weighted by atomic mass is 35.5. The minimum atomic E-state index is -4.91. The van der Waals surface area contributed by atoms with Crippen LogP contribution in [0.3, 0.4) is 0 Å². The average molecular weight is 581 g/mol. The van der Waals surface area contributed by atoms with Gasteiger partial charge in [0, 0.05) is 42.9 Å². The number of fused-ring (bicyclic) bond motifs is 1. The number of likely N-dealkylation sites (N-methyl/N-ethyl adjacent to an activating group) is 1. The quantitative estimate of drug-likeness (QED) is 0.357. The third-order valence-corrected chi connectivity index (χ3v) is 5.68. The Morgan fingerprint density at radius 1 is 1.28 bits per heavy atom. The van der Waals surface area contributed by atoms with E-state index in [1.807, 2.05) is 6.07 Å². The van der Waals surface area contributed by atoms with Gasteiger partial charge in [0.2, 0.25) is 5.75 Å². The summed E-state index contributed by atoms with van der Waals surface area (Å²) >= 11 is 5.94. The van der Waals surface area contributed by atoms with Crippen LogP contribution < -0.4 is 28.4 Å². The van der Waals surface area contributed by atoms with Crippen LogP contribution in [0, 0.1) is 11.3 Å². The van der Waals surface area contributed by atoms with Gasteiger partial charge in [-0.05, 0) is 36.4 Å². The third-order valence-electron chi connectivity index (χ3n) is 5.46. The molecule has 0 aliphatic rings. The number of halogens is 5. The standard InChI is InChI=1S/C24H19ClF3N7O3.ClH/c1-33(8-5-29)23(37)35-21-17(3-2-6-31-21)19(32-35)13-34-7-4-18(24(26,27)28)20(22(34)36)38-16-10-14(12-30)9-15(25)11-16;/h2-4,6-7,9-11H,5,8,13,29H2,1H3;1H/p-1. The number of nitriles is 1. The molecule has 15 heteroatoms. The molecular formula is C24H19Cl2F3N7O3-. The Kier molecular flexibility index (Phi) is 8.85. The first-order valence-corrected chi connectivity index (χ1v) is 11.4. The number of pyridine rings is 2. The molecule has 2 N–H and O–H groups in total. The fourth-order valence-corrected chi connectivity index (χ4v) is 3.90. The second-order valence-corrected chi connectivity index (χ2v) is 8.54. The maximum absolute atomic E-state index is 13.8. The Hall–Kier alpha value is -4.12. The molecule has 0 saturated heterocycles. The first-order chi connectivity index (χ1) is 18.0. The molecule has 0 radical (unpaired) electrons. The Morgan fingerprint density at radius 2 is 2.03 bits per heavy atom. The van der Waals surface area contributed by atoms with Crippen molar-refractivity contribution in [1.29, 1.82) is 5.26 Å². The second kappa shape index (κ2) is 11.7. The molecule has 1 aromatic carbocycles. The molecule has 0 aliphatic carbocycles. The predicted octanol–water partition coefficient (Wildman–Crippen LogP) is 0.840. The number of aromatic nitrogens is 4. The summed E-state index contributed by atoms with van der Waals surface area (Å²) in [7, 11) is 1.53. The van der Waals surface area contributed by atoms with E-state index in [0.717, 1.165) is 21.5 Å². The fraction of sp³-hybridized carbons (Fsp3) is 0.208. The third kappa shape index (κ3) is 6.14. The van der Waals surface area contributed by atoms with Crippen molar-refractivity contribution in [3.05, 3.63) is 81.0 Å². The van der Waals surface area contributed by atoms with Crippen LogP contribution in [-0.4, -0.2) is 50.4 Å². The van der Waals surface area contributed by atoms with Crippen LogP contribution in [0.25, 0.3) is 11.0 Å². The number of alkyl halides is 3. The zero-order chi connectivity index (χ0) is 27.6. The Morgan fingerprint density at radius 3 is 2.69 bits per heavy atom. The predicted molar refractivity (Wildman–Crippen MR) is 131 cm³/mol. The Balaban J connectivity index is 0.00000420. The van der Waals surface area contributed by atoms with Crippen molar-refractivity contribution in [2.75, 3.05) is 20.1 Å². The van der Waals surface area contributed by atoms with Gasteiger partial charge in [-0.15, -0.1) is 0 Å². The zero-order valence-electron chi connectivity index (χ0n) is 20.1. The Labute approximate surface area is 230 Å². The van der Waals surface area contributed by atoms with Crippen LogP contribution in [0.4, 0.5) is 18.0 Å². The number of hydrogen-bond acceptors (Lipinski definition) is 7. The van der Waals surface area contributed by atoms with E-state index < -0.39 is 29.1 Å². The van der Waals surface area contributed by atoms with Gasteiger partial charge in [-0.1, -0.05) is 11.6 Å². The van der Waals surface area contributed by atoms with Gasteiger partial charge < -0.3 is 32.3 Å². The number of amides is 1. The summed E-state index contributed by atoms with van der Waals surface area (Å²) in [5.41, 5.74) is 3.55. The van der Waals surface area contributed by atoms with Crippen molar-refractivity contribution in [2.45, 2.75) is 12.7 Å². The van der Waals surface area contributed by atoms with E-state index >= 15 is 0 Å². The molecule has 0 spiro atoms. The maximum atomic E-state index is 13.8. The van der Waals surface area contributed by atoms with Crippen LogP contribution in [0.2, 0.25) is 5.02 Å². The van der Waals surface area contributed by atoms with Crippen molar-refractivity contribution in [3.8, 4) is 17.6 Å². The summed E-state index contributed by atoms with van der Waals surface area (Å²) in [6.45, 7) is 0.168. The molecule has 3 heterocycles. The van der Waals surface area contributed by atoms with Gasteiger partial charge in [-0.3, -0.25) is 4.79 Å². The molecule has 10 nitrogen and oxygen atoms in total. The summed E-state index contributed by atoms with van der Waals surface area (Å²) in [4.78, 5) is 31.6. The molecule has 0 atom stereocenters. The normalized spacial score (nSPS) is 11.1. The van der Waals surface area contributed by atoms with Crippen LogP contribution in [0.5, 0.6) is 11.5 Å². The number of benzene rings is 1. The summed E-state index contributed by atoms with van der Waals surface area (Å²) in [5.74, 6) is -1.23. The molecule has 0 saturated carbocycles. The number of hydrogen-bond donors (Lipinski definition) is 1. The van der Waals surface area contributed by atoms with Gasteiger partial charge in [0.1, 0.15) is 11.3 Å². The molecule has 0 bridgehead atoms. The van der Waals surface area contributed by atoms with Crippen LogP contribution in [0.15, 0.2) is 53.6 Å². The first kappa shape index (κ1) is 29.4. The van der Waals surface area contributed by atoms with Crippen LogP contribution in [0.1, 0.15) is 16.8 Å². The van der Waals surface area contributed by atoms with Crippen molar-refractivity contribution in [2.24, 2.45) is 5.73 Å². The number of carbonyl (C=O) groups excluding carboxylic acids is 1. The van der Waals surface area contributed by atoms with E-state index in [1.165, 1.54) is 30.3 Å². The van der Waals surface area contributed by atoms with Gasteiger partial charge in [-0.25, -0.2) is 9.78 Å². The summed E-state index contributed by atoms with van der Waals surface area (Å²) in [5, 5.41) is 13.9. The molecule has 4 aromatic rings. The molecule has 0 unspecified atom stereocenters. The lowest BCUT2D eigenvalue weighted by molar-refractivity contribution is -0.138. The first-order valence-electron chi connectivity index (χ1n) is 11.0. The van der Waals surface area contributed by atoms with Gasteiger partial charge in [-0.2, -0.15) is 28.2 Å². The maximum Gasteiger partial charge on any atom is 0.420 e. The van der Waals surface area contributed by atoms with Gasteiger partial charge in [0.25, 0.3) is 5.56 Å². The van der Waals surface area contributed by atoms with E-state index in [1.54, 1.807) is 12.1 Å². The van der Waals surface area contributed by atoms with E-state index in [-0.39, 0.29) is 59.7 Å². The van der Waals surface area contributed by atoms with Crippen LogP contribution >= 0.6 is 11.6 Å². The topological polar surface area (TPSA) is 132 Å². The second-order valence-electron chi connectivity index (χ2n) is 8.10. The molecule has 4 rings (SSSR count). The van der Waals surface area contributed by atoms with E-state index in [4.69, 9.17) is 27.3 Å². The minimum Gasteiger partial charge on any atom is -1.00 e. The van der Waals surface area contributed by atoms with Crippen molar-refractivity contribution < 1.29 is 35.1 Å². The number of rotatable bonds is 6. The van der Waals surface area contributed by atoms with Crippen molar-refractivity contribution >= 4 is 28.7 Å². The molecule has 0 fully saturated rings. The smallest absolute Gasteiger partial charge is 0.420 e. The fourth-order valence-electron chi connectivity index (χ4n) is 3.68. The monoisotopic (exact) mass is 580 g/mol. The molecule has 39 heavy (non-hydrogen) atoms. The zero-order valence-corrected chi connectivity index (χ0v) is 21.6.